The van der Waals surface area contributed by atoms with Crippen molar-refractivity contribution in [1.29, 1.82) is 0 Å². The quantitative estimate of drug-likeness (QED) is 0.147. The van der Waals surface area contributed by atoms with Gasteiger partial charge in [-0.25, -0.2) is 24.7 Å². The molecule has 6 atom stereocenters. The monoisotopic (exact) mass is 457 g/mol. The molecule has 166 valence electrons. The van der Waals surface area contributed by atoms with Gasteiger partial charge in [0.25, 0.3) is 0 Å². The number of nitrogens with one attached hydrogen (secondary N) is 1. The highest BCUT2D eigenvalue weighted by Crippen LogP contribution is 2.44. The summed E-state index contributed by atoms with van der Waals surface area (Å²) in [6.07, 6.45) is -5.34. The Morgan fingerprint density at radius 2 is 2.06 bits per heavy atom. The fourth-order valence-corrected chi connectivity index (χ4v) is 4.01. The van der Waals surface area contributed by atoms with Crippen LogP contribution in [0.15, 0.2) is 18.9 Å². The molecule has 1 aliphatic heterocycles. The van der Waals surface area contributed by atoms with E-state index >= 15 is 0 Å². The Labute approximate surface area is 171 Å². The van der Waals surface area contributed by atoms with Crippen LogP contribution in [0.2, 0.25) is 0 Å². The molecule has 0 aliphatic carbocycles. The maximum Gasteiger partial charge on any atom is 0.381 e. The minimum atomic E-state index is -4.83. The first kappa shape index (κ1) is 21.3. The number of carboxylic acids is 1. The third-order valence-corrected chi connectivity index (χ3v) is 5.83. The Morgan fingerprint density at radius 1 is 1.32 bits per heavy atom. The van der Waals surface area contributed by atoms with Crippen molar-refractivity contribution in [3.63, 3.8) is 0 Å². The van der Waals surface area contributed by atoms with Gasteiger partial charge in [-0.05, 0) is 0 Å². The number of aliphatic hydroxyl groups is 3. The lowest BCUT2D eigenvalue weighted by Crippen LogP contribution is -2.40. The number of hydrogen-bond acceptors (Lipinski definition) is 12. The van der Waals surface area contributed by atoms with Gasteiger partial charge in [-0.2, -0.15) is 0 Å². The molecule has 3 aromatic heterocycles. The summed E-state index contributed by atoms with van der Waals surface area (Å²) in [5, 5.41) is 39.8. The molecule has 3 aromatic rings. The normalized spacial score (nSPS) is 26.7. The molecule has 16 nitrogen and oxygen atoms in total. The first-order valence-electron chi connectivity index (χ1n) is 8.53. The number of aromatic nitrogens is 6. The number of ether oxygens (including phenoxy) is 1. The van der Waals surface area contributed by atoms with E-state index in [0.717, 1.165) is 12.5 Å². The number of aliphatic hydroxyl groups excluding tert-OH is 3. The van der Waals surface area contributed by atoms with E-state index in [2.05, 4.69) is 24.9 Å². The number of hydrogen-bond donors (Lipinski definition) is 7. The fourth-order valence-electron chi connectivity index (χ4n) is 3.03. The summed E-state index contributed by atoms with van der Waals surface area (Å²) < 4.78 is 23.8. The lowest BCUT2D eigenvalue weighted by Gasteiger charge is -2.22. The van der Waals surface area contributed by atoms with Gasteiger partial charge in [0.1, 0.15) is 30.2 Å². The van der Waals surface area contributed by atoms with Crippen LogP contribution in [0.25, 0.3) is 11.2 Å². The van der Waals surface area contributed by atoms with E-state index in [0.29, 0.717) is 0 Å². The Bertz CT molecular complexity index is 1180. The van der Waals surface area contributed by atoms with Gasteiger partial charge in [-0.15, -0.1) is 0 Å². The summed E-state index contributed by atoms with van der Waals surface area (Å²) in [4.78, 5) is 38.2. The lowest BCUT2D eigenvalue weighted by atomic mass is 10.1. The molecule has 1 aliphatic rings. The highest BCUT2D eigenvalue weighted by atomic mass is 31.2. The summed E-state index contributed by atoms with van der Waals surface area (Å²) in [5.41, 5.74) is 5.41. The largest absolute Gasteiger partial charge is 0.475 e. The van der Waals surface area contributed by atoms with Crippen molar-refractivity contribution in [2.75, 3.05) is 5.73 Å². The number of carboxylic acid groups (broad SMARTS) is 1. The molecular weight excluding hydrogens is 441 g/mol. The molecule has 4 rings (SSSR count). The van der Waals surface area contributed by atoms with E-state index in [1.165, 1.54) is 10.9 Å². The summed E-state index contributed by atoms with van der Waals surface area (Å²) in [7, 11) is -4.83. The summed E-state index contributed by atoms with van der Waals surface area (Å²) >= 11 is 0. The molecule has 1 fully saturated rings. The average molecular weight is 457 g/mol. The zero-order valence-electron chi connectivity index (χ0n) is 15.2. The highest BCUT2D eigenvalue weighted by Gasteiger charge is 2.49. The Morgan fingerprint density at radius 3 is 2.74 bits per heavy atom. The summed E-state index contributed by atoms with van der Waals surface area (Å²) in [6, 6.07) is 0. The number of rotatable bonds is 6. The van der Waals surface area contributed by atoms with Crippen molar-refractivity contribution in [2.24, 2.45) is 0 Å². The van der Waals surface area contributed by atoms with Gasteiger partial charge < -0.3 is 40.8 Å². The first-order valence-corrected chi connectivity index (χ1v) is 10.1. The Hall–Kier alpha value is -2.98. The second-order valence-electron chi connectivity index (χ2n) is 6.48. The molecule has 0 bridgehead atoms. The van der Waals surface area contributed by atoms with Crippen LogP contribution in [-0.4, -0.2) is 85.4 Å². The SMILES string of the molecule is Nc1ncnc2c1ncn2[C@@H]1O[C@H](C(O)OP(=O)(O)c2c[nH]c(C(=O)O)n2)[C@@H](O)[C@H]1O. The number of fused-ring (bicyclic) bond motifs is 1. The van der Waals surface area contributed by atoms with Crippen LogP contribution < -0.4 is 11.2 Å². The van der Waals surface area contributed by atoms with E-state index in [-0.39, 0.29) is 17.0 Å². The number of nitrogen functional groups attached to an aromatic ring is 1. The molecule has 4 heterocycles. The van der Waals surface area contributed by atoms with Gasteiger partial charge in [0.05, 0.1) is 6.33 Å². The van der Waals surface area contributed by atoms with Crippen LogP contribution in [0.1, 0.15) is 16.8 Å². The minimum absolute atomic E-state index is 0.0673. The molecule has 0 radical (unpaired) electrons. The van der Waals surface area contributed by atoms with Gasteiger partial charge >= 0.3 is 13.6 Å². The minimum Gasteiger partial charge on any atom is -0.475 e. The number of carbonyl (C=O) groups is 1. The molecule has 0 amide bonds. The van der Waals surface area contributed by atoms with Gasteiger partial charge in [0, 0.05) is 6.20 Å². The highest BCUT2D eigenvalue weighted by molar-refractivity contribution is 7.61. The Kier molecular flexibility index (Phi) is 5.22. The maximum absolute atomic E-state index is 12.4. The number of nitrogens with two attached hydrogens (primary N) is 1. The molecule has 31 heavy (non-hydrogen) atoms. The van der Waals surface area contributed by atoms with E-state index in [9.17, 15) is 29.6 Å². The number of aromatic carboxylic acids is 1. The molecule has 8 N–H and O–H groups in total. The molecular formula is C14H16N7O9P. The van der Waals surface area contributed by atoms with Gasteiger partial charge in [0.2, 0.25) is 5.82 Å². The second kappa shape index (κ2) is 7.61. The van der Waals surface area contributed by atoms with E-state index < -0.39 is 55.7 Å². The first-order chi connectivity index (χ1) is 14.6. The van der Waals surface area contributed by atoms with Crippen LogP contribution in [0, 0.1) is 0 Å². The number of imidazole rings is 2. The topological polar surface area (TPSA) is 252 Å². The van der Waals surface area contributed by atoms with Gasteiger partial charge in [0.15, 0.2) is 29.4 Å². The number of H-pyrrole nitrogens is 1. The zero-order chi connectivity index (χ0) is 22.5. The molecule has 0 aromatic carbocycles. The van der Waals surface area contributed by atoms with Crippen LogP contribution in [0.4, 0.5) is 5.82 Å². The van der Waals surface area contributed by atoms with Crippen molar-refractivity contribution in [3.8, 4) is 0 Å². The van der Waals surface area contributed by atoms with E-state index in [4.69, 9.17) is 20.1 Å². The molecule has 2 unspecified atom stereocenters. The number of anilines is 1. The lowest BCUT2D eigenvalue weighted by molar-refractivity contribution is -0.156. The predicted molar refractivity (Wildman–Crippen MR) is 97.8 cm³/mol. The average Bonchev–Trinajstić information content (AvgIpc) is 3.41. The fraction of sp³-hybridized carbons (Fsp3) is 0.357. The number of nitrogens with zero attached hydrogens (tertiary/aromatic N) is 5. The standard InChI is InChI=1S/C14H16N7O9P/c15-9-5-11(18-2-17-9)21(3-19-5)12-7(23)6(22)8(29-12)14(26)30-31(27,28)4-1-16-10(20-4)13(24)25/h1-3,6-8,12,14,22-23,26H,(H,16,20)(H,24,25)(H,27,28)(H2,15,17,18)/t6-,7+,8-,12+,14?/m0/s1. The predicted octanol–water partition coefficient (Wildman–Crippen LogP) is -2.71. The molecule has 1 saturated heterocycles. The van der Waals surface area contributed by atoms with Crippen LogP contribution in [-0.2, 0) is 13.8 Å². The van der Waals surface area contributed by atoms with Crippen LogP contribution >= 0.6 is 7.60 Å². The third kappa shape index (κ3) is 3.66. The smallest absolute Gasteiger partial charge is 0.381 e. The summed E-state index contributed by atoms with van der Waals surface area (Å²) in [5.74, 6) is -2.04. The molecule has 0 saturated carbocycles. The Balaban J connectivity index is 1.55. The third-order valence-electron chi connectivity index (χ3n) is 4.52. The van der Waals surface area contributed by atoms with E-state index in [1.54, 1.807) is 0 Å². The van der Waals surface area contributed by atoms with Crippen LogP contribution in [0.3, 0.4) is 0 Å². The van der Waals surface area contributed by atoms with Crippen LogP contribution in [0.5, 0.6) is 0 Å². The summed E-state index contributed by atoms with van der Waals surface area (Å²) in [6.45, 7) is 0. The molecule has 0 spiro atoms. The second-order valence-corrected chi connectivity index (χ2v) is 8.19. The number of aromatic amines is 1. The molecule has 17 heteroatoms. The van der Waals surface area contributed by atoms with Crippen molar-refractivity contribution in [2.45, 2.75) is 30.8 Å². The zero-order valence-corrected chi connectivity index (χ0v) is 16.1. The van der Waals surface area contributed by atoms with Crippen molar-refractivity contribution in [1.82, 2.24) is 29.5 Å². The van der Waals surface area contributed by atoms with Gasteiger partial charge in [-0.3, -0.25) is 13.7 Å². The van der Waals surface area contributed by atoms with Crippen molar-refractivity contribution >= 4 is 36.0 Å². The van der Waals surface area contributed by atoms with Crippen molar-refractivity contribution in [3.05, 3.63) is 24.7 Å². The maximum atomic E-state index is 12.4. The van der Waals surface area contributed by atoms with Crippen molar-refractivity contribution < 1.29 is 43.9 Å². The van der Waals surface area contributed by atoms with E-state index in [1.807, 2.05) is 0 Å². The van der Waals surface area contributed by atoms with Gasteiger partial charge in [-0.1, -0.05) is 0 Å².